The molecule has 1 unspecified atom stereocenters. The van der Waals surface area contributed by atoms with Crippen LogP contribution in [0.2, 0.25) is 0 Å². The van der Waals surface area contributed by atoms with Gasteiger partial charge in [0.05, 0.1) is 0 Å². The molecule has 0 aromatic heterocycles. The van der Waals surface area contributed by atoms with Crippen molar-refractivity contribution in [2.24, 2.45) is 11.8 Å². The van der Waals surface area contributed by atoms with Crippen LogP contribution in [0.15, 0.2) is 0 Å². The van der Waals surface area contributed by atoms with E-state index in [2.05, 4.69) is 13.8 Å². The minimum absolute atomic E-state index is 0.279. The lowest BCUT2D eigenvalue weighted by molar-refractivity contribution is -0.132. The fraction of sp³-hybridized carbons (Fsp3) is 0.875. The quantitative estimate of drug-likeness (QED) is 0.361. The topological polar surface area (TPSA) is 64.3 Å². The van der Waals surface area contributed by atoms with E-state index in [1.54, 1.807) is 6.92 Å². The Kier molecular flexibility index (Phi) is 5.66. The highest BCUT2D eigenvalue weighted by atomic mass is 16.5. The van der Waals surface area contributed by atoms with Crippen LogP contribution in [0, 0.1) is 5.92 Å². The Hall–Kier alpha value is -0.610. The van der Waals surface area contributed by atoms with Crippen LogP contribution in [0.25, 0.3) is 0 Å². The lowest BCUT2D eigenvalue weighted by Gasteiger charge is -2.11. The molecule has 4 nitrogen and oxygen atoms in total. The number of rotatable bonds is 5. The van der Waals surface area contributed by atoms with E-state index in [0.29, 0.717) is 12.5 Å². The van der Waals surface area contributed by atoms with E-state index in [-0.39, 0.29) is 5.91 Å². The second-order valence-corrected chi connectivity index (χ2v) is 3.20. The molecule has 0 spiro atoms. The number of carbonyl (C=O) groups is 1. The summed E-state index contributed by atoms with van der Waals surface area (Å²) >= 11 is 0. The van der Waals surface area contributed by atoms with Gasteiger partial charge in [0.15, 0.2) is 0 Å². The molecule has 1 amide bonds. The van der Waals surface area contributed by atoms with Crippen molar-refractivity contribution in [3.8, 4) is 0 Å². The molecule has 0 heterocycles. The number of hydrogen-bond donors (Lipinski definition) is 2. The number of hydrazine groups is 1. The van der Waals surface area contributed by atoms with Crippen LogP contribution in [0.1, 0.15) is 27.2 Å². The van der Waals surface area contributed by atoms with Gasteiger partial charge >= 0.3 is 0 Å². The van der Waals surface area contributed by atoms with Crippen LogP contribution in [-0.2, 0) is 9.53 Å². The van der Waals surface area contributed by atoms with Gasteiger partial charge in [-0.3, -0.25) is 10.2 Å². The van der Waals surface area contributed by atoms with E-state index >= 15 is 0 Å². The first-order valence-corrected chi connectivity index (χ1v) is 4.20. The normalized spacial score (nSPS) is 13.1. The number of hydrogen-bond acceptors (Lipinski definition) is 3. The molecule has 0 aliphatic carbocycles. The van der Waals surface area contributed by atoms with Gasteiger partial charge < -0.3 is 4.74 Å². The second-order valence-electron chi connectivity index (χ2n) is 3.20. The Labute approximate surface area is 73.4 Å². The van der Waals surface area contributed by atoms with Crippen molar-refractivity contribution >= 4 is 5.91 Å². The van der Waals surface area contributed by atoms with Crippen molar-refractivity contribution < 1.29 is 9.53 Å². The van der Waals surface area contributed by atoms with Crippen molar-refractivity contribution in [1.29, 1.82) is 0 Å². The fourth-order valence-electron chi connectivity index (χ4n) is 0.674. The summed E-state index contributed by atoms with van der Waals surface area (Å²) in [7, 11) is 0. The van der Waals surface area contributed by atoms with Crippen molar-refractivity contribution in [2.45, 2.75) is 33.3 Å². The summed E-state index contributed by atoms with van der Waals surface area (Å²) in [6.45, 7) is 6.50. The molecule has 0 aromatic rings. The zero-order valence-corrected chi connectivity index (χ0v) is 7.96. The zero-order chi connectivity index (χ0) is 9.56. The third-order valence-electron chi connectivity index (χ3n) is 1.57. The lowest BCUT2D eigenvalue weighted by Crippen LogP contribution is -2.39. The monoisotopic (exact) mass is 174 g/mol. The Morgan fingerprint density at radius 2 is 2.08 bits per heavy atom. The first kappa shape index (κ1) is 11.4. The number of amides is 1. The summed E-state index contributed by atoms with van der Waals surface area (Å²) in [5, 5.41) is 0. The molecule has 12 heavy (non-hydrogen) atoms. The zero-order valence-electron chi connectivity index (χ0n) is 7.96. The highest BCUT2D eigenvalue weighted by Crippen LogP contribution is 2.00. The van der Waals surface area contributed by atoms with Crippen molar-refractivity contribution in [3.05, 3.63) is 0 Å². The van der Waals surface area contributed by atoms with Crippen LogP contribution in [-0.4, -0.2) is 18.6 Å². The number of carbonyl (C=O) groups excluding carboxylic acids is 1. The molecule has 0 aromatic carbocycles. The number of nitrogens with one attached hydrogen (secondary N) is 1. The molecule has 0 aliphatic rings. The maximum absolute atomic E-state index is 10.8. The summed E-state index contributed by atoms with van der Waals surface area (Å²) in [6.07, 6.45) is 0.510. The predicted molar refractivity (Wildman–Crippen MR) is 47.2 cm³/mol. The summed E-state index contributed by atoms with van der Waals surface area (Å²) in [5.74, 6) is 5.24. The maximum Gasteiger partial charge on any atom is 0.262 e. The van der Waals surface area contributed by atoms with Crippen LogP contribution < -0.4 is 11.3 Å². The van der Waals surface area contributed by atoms with E-state index in [1.807, 2.05) is 5.43 Å². The van der Waals surface area contributed by atoms with Gasteiger partial charge in [0.2, 0.25) is 0 Å². The summed E-state index contributed by atoms with van der Waals surface area (Å²) in [6, 6.07) is 0. The highest BCUT2D eigenvalue weighted by Gasteiger charge is 2.10. The third-order valence-corrected chi connectivity index (χ3v) is 1.57. The van der Waals surface area contributed by atoms with Gasteiger partial charge in [0, 0.05) is 6.61 Å². The van der Waals surface area contributed by atoms with Gasteiger partial charge in [-0.2, -0.15) is 0 Å². The van der Waals surface area contributed by atoms with Gasteiger partial charge in [-0.05, 0) is 19.3 Å². The van der Waals surface area contributed by atoms with Gasteiger partial charge in [0.1, 0.15) is 6.10 Å². The fourth-order valence-corrected chi connectivity index (χ4v) is 0.674. The SMILES string of the molecule is CC(C)CCOC(C)C(=O)NN. The first-order valence-electron chi connectivity index (χ1n) is 4.20. The molecule has 0 fully saturated rings. The van der Waals surface area contributed by atoms with Crippen molar-refractivity contribution in [3.63, 3.8) is 0 Å². The van der Waals surface area contributed by atoms with E-state index in [0.717, 1.165) is 6.42 Å². The molecule has 0 aliphatic heterocycles. The van der Waals surface area contributed by atoms with Gasteiger partial charge in [-0.1, -0.05) is 13.8 Å². The van der Waals surface area contributed by atoms with E-state index in [4.69, 9.17) is 10.6 Å². The molecular formula is C8H18N2O2. The van der Waals surface area contributed by atoms with Crippen molar-refractivity contribution in [1.82, 2.24) is 5.43 Å². The van der Waals surface area contributed by atoms with Gasteiger partial charge in [-0.15, -0.1) is 0 Å². The first-order chi connectivity index (χ1) is 5.57. The average Bonchev–Trinajstić information content (AvgIpc) is 2.02. The molecule has 0 rings (SSSR count). The predicted octanol–water partition coefficient (Wildman–Crippen LogP) is 0.428. The van der Waals surface area contributed by atoms with Crippen molar-refractivity contribution in [2.75, 3.05) is 6.61 Å². The minimum atomic E-state index is -0.450. The van der Waals surface area contributed by atoms with E-state index in [1.165, 1.54) is 0 Å². The summed E-state index contributed by atoms with van der Waals surface area (Å²) in [4.78, 5) is 10.8. The number of nitrogens with two attached hydrogens (primary N) is 1. The van der Waals surface area contributed by atoms with E-state index in [9.17, 15) is 4.79 Å². The van der Waals surface area contributed by atoms with Gasteiger partial charge in [-0.25, -0.2) is 5.84 Å². The van der Waals surface area contributed by atoms with E-state index < -0.39 is 6.10 Å². The maximum atomic E-state index is 10.8. The minimum Gasteiger partial charge on any atom is -0.369 e. The Balaban J connectivity index is 3.43. The molecule has 0 bridgehead atoms. The Morgan fingerprint density at radius 3 is 2.50 bits per heavy atom. The Morgan fingerprint density at radius 1 is 1.50 bits per heavy atom. The molecular weight excluding hydrogens is 156 g/mol. The van der Waals surface area contributed by atoms with Crippen LogP contribution in [0.3, 0.4) is 0 Å². The third kappa shape index (κ3) is 5.09. The summed E-state index contributed by atoms with van der Waals surface area (Å²) in [5.41, 5.74) is 2.04. The smallest absolute Gasteiger partial charge is 0.262 e. The molecule has 1 atom stereocenters. The lowest BCUT2D eigenvalue weighted by atomic mass is 10.1. The van der Waals surface area contributed by atoms with Crippen LogP contribution in [0.5, 0.6) is 0 Å². The standard InChI is InChI=1S/C8H18N2O2/c1-6(2)4-5-12-7(3)8(11)10-9/h6-7H,4-5,9H2,1-3H3,(H,10,11). The molecule has 4 heteroatoms. The second kappa shape index (κ2) is 5.97. The molecule has 0 radical (unpaired) electrons. The van der Waals surface area contributed by atoms with Crippen LogP contribution in [0.4, 0.5) is 0 Å². The summed E-state index contributed by atoms with van der Waals surface area (Å²) < 4.78 is 5.21. The average molecular weight is 174 g/mol. The molecule has 0 saturated heterocycles. The van der Waals surface area contributed by atoms with Crippen LogP contribution >= 0.6 is 0 Å². The Bertz CT molecular complexity index is 137. The molecule has 0 saturated carbocycles. The highest BCUT2D eigenvalue weighted by molar-refractivity contribution is 5.79. The molecule has 72 valence electrons. The number of ether oxygens (including phenoxy) is 1. The molecule has 3 N–H and O–H groups in total. The van der Waals surface area contributed by atoms with Gasteiger partial charge in [0.25, 0.3) is 5.91 Å². The largest absolute Gasteiger partial charge is 0.369 e.